The molecule has 1 aromatic carbocycles. The van der Waals surface area contributed by atoms with Gasteiger partial charge in [0.05, 0.1) is 6.10 Å². The number of ether oxygens (including phenoxy) is 1. The van der Waals surface area contributed by atoms with E-state index >= 15 is 0 Å². The number of nitrogens with one attached hydrogen (secondary N) is 2. The minimum Gasteiger partial charge on any atom is -0.379 e. The van der Waals surface area contributed by atoms with E-state index in [4.69, 9.17) is 16.3 Å². The highest BCUT2D eigenvalue weighted by molar-refractivity contribution is 6.39. The molecule has 0 aliphatic carbocycles. The van der Waals surface area contributed by atoms with Crippen molar-refractivity contribution in [3.8, 4) is 0 Å². The predicted molar refractivity (Wildman–Crippen MR) is 78.8 cm³/mol. The monoisotopic (exact) mass is 298 g/mol. The molecule has 0 saturated heterocycles. The fourth-order valence-corrected chi connectivity index (χ4v) is 1.52. The first-order chi connectivity index (χ1) is 9.49. The maximum Gasteiger partial charge on any atom is 0.313 e. The molecule has 0 atom stereocenters. The van der Waals surface area contributed by atoms with E-state index in [0.29, 0.717) is 30.3 Å². The summed E-state index contributed by atoms with van der Waals surface area (Å²) >= 11 is 5.73. The Hall–Kier alpha value is -1.59. The van der Waals surface area contributed by atoms with Gasteiger partial charge < -0.3 is 15.4 Å². The molecular weight excluding hydrogens is 280 g/mol. The summed E-state index contributed by atoms with van der Waals surface area (Å²) in [4.78, 5) is 23.1. The first-order valence-electron chi connectivity index (χ1n) is 6.45. The van der Waals surface area contributed by atoms with Crippen LogP contribution in [0.1, 0.15) is 20.3 Å². The van der Waals surface area contributed by atoms with Gasteiger partial charge in [0.25, 0.3) is 0 Å². The molecule has 2 N–H and O–H groups in total. The van der Waals surface area contributed by atoms with Gasteiger partial charge in [-0.3, -0.25) is 9.59 Å². The highest BCUT2D eigenvalue weighted by Gasteiger charge is 2.12. The van der Waals surface area contributed by atoms with Crippen molar-refractivity contribution < 1.29 is 14.3 Å². The summed E-state index contributed by atoms with van der Waals surface area (Å²) in [6, 6.07) is 6.53. The van der Waals surface area contributed by atoms with E-state index in [1.54, 1.807) is 24.3 Å². The minimum absolute atomic E-state index is 0.166. The number of benzene rings is 1. The first kappa shape index (κ1) is 16.5. The van der Waals surface area contributed by atoms with Crippen LogP contribution in [0.4, 0.5) is 5.69 Å². The molecule has 0 radical (unpaired) electrons. The lowest BCUT2D eigenvalue weighted by atomic mass is 10.3. The van der Waals surface area contributed by atoms with Crippen molar-refractivity contribution >= 4 is 29.1 Å². The van der Waals surface area contributed by atoms with Crippen molar-refractivity contribution in [2.24, 2.45) is 0 Å². The van der Waals surface area contributed by atoms with Crippen molar-refractivity contribution in [3.63, 3.8) is 0 Å². The molecule has 1 aromatic rings. The fourth-order valence-electron chi connectivity index (χ4n) is 1.39. The van der Waals surface area contributed by atoms with Crippen molar-refractivity contribution in [2.75, 3.05) is 18.5 Å². The molecule has 0 aliphatic heterocycles. The SMILES string of the molecule is CC(C)OCCCNC(=O)C(=O)Nc1ccc(Cl)cc1. The highest BCUT2D eigenvalue weighted by Crippen LogP contribution is 2.13. The van der Waals surface area contributed by atoms with Gasteiger partial charge in [0, 0.05) is 23.9 Å². The summed E-state index contributed by atoms with van der Waals surface area (Å²) in [6.07, 6.45) is 0.830. The van der Waals surface area contributed by atoms with Gasteiger partial charge in [-0.05, 0) is 44.5 Å². The van der Waals surface area contributed by atoms with Crippen LogP contribution in [0.2, 0.25) is 5.02 Å². The van der Waals surface area contributed by atoms with Gasteiger partial charge >= 0.3 is 11.8 Å². The van der Waals surface area contributed by atoms with Crippen LogP contribution in [0, 0.1) is 0 Å². The van der Waals surface area contributed by atoms with E-state index < -0.39 is 11.8 Å². The maximum atomic E-state index is 11.6. The lowest BCUT2D eigenvalue weighted by Crippen LogP contribution is -2.36. The van der Waals surface area contributed by atoms with Crippen LogP contribution in [0.5, 0.6) is 0 Å². The number of rotatable bonds is 6. The minimum atomic E-state index is -0.697. The van der Waals surface area contributed by atoms with E-state index in [1.807, 2.05) is 13.8 Å². The van der Waals surface area contributed by atoms with E-state index in [2.05, 4.69) is 10.6 Å². The number of halogens is 1. The third-order valence-corrected chi connectivity index (χ3v) is 2.62. The lowest BCUT2D eigenvalue weighted by molar-refractivity contribution is -0.136. The lowest BCUT2D eigenvalue weighted by Gasteiger charge is -2.08. The molecule has 0 saturated carbocycles. The Morgan fingerprint density at radius 2 is 1.85 bits per heavy atom. The Morgan fingerprint density at radius 3 is 2.45 bits per heavy atom. The third kappa shape index (κ3) is 6.54. The molecule has 6 heteroatoms. The summed E-state index contributed by atoms with van der Waals surface area (Å²) < 4.78 is 5.33. The maximum absolute atomic E-state index is 11.6. The van der Waals surface area contributed by atoms with Crippen LogP contribution >= 0.6 is 11.6 Å². The summed E-state index contributed by atoms with van der Waals surface area (Å²) in [5.74, 6) is -1.36. The van der Waals surface area contributed by atoms with Gasteiger partial charge in [-0.15, -0.1) is 0 Å². The average molecular weight is 299 g/mol. The Kier molecular flexibility index (Phi) is 7.04. The van der Waals surface area contributed by atoms with Gasteiger partial charge in [-0.25, -0.2) is 0 Å². The molecule has 5 nitrogen and oxygen atoms in total. The van der Waals surface area contributed by atoms with Crippen LogP contribution in [-0.4, -0.2) is 31.1 Å². The number of anilines is 1. The summed E-state index contributed by atoms with van der Waals surface area (Å²) in [5, 5.41) is 5.59. The molecule has 0 fully saturated rings. The van der Waals surface area contributed by atoms with Crippen LogP contribution in [0.3, 0.4) is 0 Å². The molecule has 110 valence electrons. The first-order valence-corrected chi connectivity index (χ1v) is 6.83. The molecule has 0 unspecified atom stereocenters. The number of hydrogen-bond acceptors (Lipinski definition) is 3. The molecule has 0 heterocycles. The zero-order chi connectivity index (χ0) is 15.0. The van der Waals surface area contributed by atoms with E-state index in [9.17, 15) is 9.59 Å². The quantitative estimate of drug-likeness (QED) is 0.625. The average Bonchev–Trinajstić information content (AvgIpc) is 2.40. The largest absolute Gasteiger partial charge is 0.379 e. The molecule has 20 heavy (non-hydrogen) atoms. The number of hydrogen-bond donors (Lipinski definition) is 2. The second-order valence-electron chi connectivity index (χ2n) is 4.49. The van der Waals surface area contributed by atoms with E-state index in [0.717, 1.165) is 0 Å². The highest BCUT2D eigenvalue weighted by atomic mass is 35.5. The molecule has 0 aliphatic rings. The predicted octanol–water partition coefficient (Wildman–Crippen LogP) is 2.21. The second kappa shape index (κ2) is 8.55. The Bertz CT molecular complexity index is 446. The van der Waals surface area contributed by atoms with Crippen molar-refractivity contribution in [1.82, 2.24) is 5.32 Å². The number of carbonyl (C=O) groups excluding carboxylic acids is 2. The summed E-state index contributed by atoms with van der Waals surface area (Å²) in [5.41, 5.74) is 0.526. The number of amides is 2. The standard InChI is InChI=1S/C14H19ClN2O3/c1-10(2)20-9-3-8-16-13(18)14(19)17-12-6-4-11(15)5-7-12/h4-7,10H,3,8-9H2,1-2H3,(H,16,18)(H,17,19). The summed E-state index contributed by atoms with van der Waals surface area (Å²) in [7, 11) is 0. The van der Waals surface area contributed by atoms with Gasteiger partial charge in [0.1, 0.15) is 0 Å². The molecule has 0 bridgehead atoms. The second-order valence-corrected chi connectivity index (χ2v) is 4.93. The van der Waals surface area contributed by atoms with Crippen LogP contribution in [0.15, 0.2) is 24.3 Å². The normalized spacial score (nSPS) is 10.4. The van der Waals surface area contributed by atoms with E-state index in [-0.39, 0.29) is 6.10 Å². The van der Waals surface area contributed by atoms with Crippen LogP contribution in [-0.2, 0) is 14.3 Å². The molecule has 1 rings (SSSR count). The Morgan fingerprint density at radius 1 is 1.20 bits per heavy atom. The molecule has 2 amide bonds. The van der Waals surface area contributed by atoms with Crippen molar-refractivity contribution in [1.29, 1.82) is 0 Å². The van der Waals surface area contributed by atoms with Crippen molar-refractivity contribution in [2.45, 2.75) is 26.4 Å². The summed E-state index contributed by atoms with van der Waals surface area (Å²) in [6.45, 7) is 4.84. The van der Waals surface area contributed by atoms with Gasteiger partial charge in [-0.2, -0.15) is 0 Å². The third-order valence-electron chi connectivity index (χ3n) is 2.37. The Labute approximate surface area is 123 Å². The topological polar surface area (TPSA) is 67.4 Å². The van der Waals surface area contributed by atoms with Gasteiger partial charge in [-0.1, -0.05) is 11.6 Å². The number of carbonyl (C=O) groups is 2. The smallest absolute Gasteiger partial charge is 0.313 e. The zero-order valence-corrected chi connectivity index (χ0v) is 12.4. The molecular formula is C14H19ClN2O3. The van der Waals surface area contributed by atoms with Gasteiger partial charge in [0.15, 0.2) is 0 Å². The van der Waals surface area contributed by atoms with Gasteiger partial charge in [0.2, 0.25) is 0 Å². The van der Waals surface area contributed by atoms with Crippen LogP contribution < -0.4 is 10.6 Å². The molecule has 0 aromatic heterocycles. The van der Waals surface area contributed by atoms with E-state index in [1.165, 1.54) is 0 Å². The Balaban J connectivity index is 2.25. The van der Waals surface area contributed by atoms with Crippen LogP contribution in [0.25, 0.3) is 0 Å². The zero-order valence-electron chi connectivity index (χ0n) is 11.6. The van der Waals surface area contributed by atoms with Crippen molar-refractivity contribution in [3.05, 3.63) is 29.3 Å². The fraction of sp³-hybridized carbons (Fsp3) is 0.429. The molecule has 0 spiro atoms.